The molecule has 1 amide bonds. The van der Waals surface area contributed by atoms with Gasteiger partial charge in [-0.3, -0.25) is 4.79 Å². The van der Waals surface area contributed by atoms with Crippen molar-refractivity contribution in [2.75, 3.05) is 36.4 Å². The number of rotatable bonds is 3. The molecule has 0 radical (unpaired) electrons. The zero-order valence-electron chi connectivity index (χ0n) is 19.1. The molecular formula is C25H25ClF3N5O. The summed E-state index contributed by atoms with van der Waals surface area (Å²) >= 11 is 6.10. The molecule has 2 aliphatic heterocycles. The van der Waals surface area contributed by atoms with E-state index in [1.807, 2.05) is 49.4 Å². The van der Waals surface area contributed by atoms with Crippen LogP contribution < -0.4 is 10.2 Å². The summed E-state index contributed by atoms with van der Waals surface area (Å²) in [6.45, 7) is 4.01. The summed E-state index contributed by atoms with van der Waals surface area (Å²) in [5.41, 5.74) is 2.90. The van der Waals surface area contributed by atoms with Crippen molar-refractivity contribution in [1.82, 2.24) is 14.7 Å². The van der Waals surface area contributed by atoms with Crippen LogP contribution in [0.15, 0.2) is 54.7 Å². The first-order chi connectivity index (χ1) is 16.7. The first-order valence-corrected chi connectivity index (χ1v) is 11.9. The number of aromatic nitrogens is 2. The van der Waals surface area contributed by atoms with Crippen LogP contribution in [0.2, 0.25) is 5.02 Å². The number of carbonyl (C=O) groups excluding carboxylic acids is 1. The van der Waals surface area contributed by atoms with Crippen molar-refractivity contribution in [2.45, 2.75) is 31.6 Å². The lowest BCUT2D eigenvalue weighted by molar-refractivity contribution is -0.173. The Balaban J connectivity index is 1.38. The van der Waals surface area contributed by atoms with E-state index in [1.54, 1.807) is 11.0 Å². The molecule has 1 aromatic heterocycles. The average molecular weight is 504 g/mol. The molecule has 3 aromatic rings. The van der Waals surface area contributed by atoms with Gasteiger partial charge in [-0.1, -0.05) is 47.5 Å². The number of benzene rings is 2. The van der Waals surface area contributed by atoms with E-state index < -0.39 is 18.3 Å². The molecule has 0 spiro atoms. The minimum absolute atomic E-state index is 0.117. The summed E-state index contributed by atoms with van der Waals surface area (Å²) in [4.78, 5) is 17.2. The third-order valence-corrected chi connectivity index (χ3v) is 6.92. The topological polar surface area (TPSA) is 53.4 Å². The van der Waals surface area contributed by atoms with E-state index in [2.05, 4.69) is 15.3 Å². The summed E-state index contributed by atoms with van der Waals surface area (Å²) in [5.74, 6) is -0.207. The summed E-state index contributed by atoms with van der Waals surface area (Å²) in [7, 11) is 0. The number of carbonyl (C=O) groups is 1. The van der Waals surface area contributed by atoms with Gasteiger partial charge in [0.25, 0.3) is 5.91 Å². The molecule has 184 valence electrons. The van der Waals surface area contributed by atoms with Crippen molar-refractivity contribution < 1.29 is 18.0 Å². The normalized spacial score (nSPS) is 20.4. The number of fused-ring (bicyclic) bond motifs is 1. The zero-order valence-corrected chi connectivity index (χ0v) is 19.9. The highest BCUT2D eigenvalue weighted by molar-refractivity contribution is 6.30. The maximum Gasteiger partial charge on any atom is 0.410 e. The zero-order chi connectivity index (χ0) is 24.7. The number of amides is 1. The highest BCUT2D eigenvalue weighted by atomic mass is 35.5. The average Bonchev–Trinajstić information content (AvgIpc) is 3.27. The van der Waals surface area contributed by atoms with Gasteiger partial charge in [-0.05, 0) is 30.7 Å². The van der Waals surface area contributed by atoms with Gasteiger partial charge in [0.2, 0.25) is 0 Å². The predicted molar refractivity (Wildman–Crippen MR) is 129 cm³/mol. The number of nitrogens with zero attached hydrogens (tertiary/aromatic N) is 4. The standard InChI is InChI=1S/C25H25ClF3N5O/c1-16-5-7-17(8-6-16)21-14-22(25(27,28)29)34-23(31-21)20(15-30-34)24(35)33-11-9-32(10-12-33)19-4-2-3-18(26)13-19/h2-8,13,15,21-22,31H,9-12,14H2,1H3/t21-,22-/m0/s1. The van der Waals surface area contributed by atoms with E-state index in [9.17, 15) is 18.0 Å². The molecule has 1 N–H and O–H groups in total. The lowest BCUT2D eigenvalue weighted by Gasteiger charge is -2.37. The van der Waals surface area contributed by atoms with Gasteiger partial charge in [0, 0.05) is 43.3 Å². The summed E-state index contributed by atoms with van der Waals surface area (Å²) in [6.07, 6.45) is -3.44. The number of alkyl halides is 3. The minimum atomic E-state index is -4.49. The van der Waals surface area contributed by atoms with Gasteiger partial charge >= 0.3 is 6.18 Å². The monoisotopic (exact) mass is 503 g/mol. The van der Waals surface area contributed by atoms with Crippen LogP contribution in [0.3, 0.4) is 0 Å². The van der Waals surface area contributed by atoms with E-state index in [-0.39, 0.29) is 23.7 Å². The van der Waals surface area contributed by atoms with Gasteiger partial charge in [-0.25, -0.2) is 4.68 Å². The third-order valence-electron chi connectivity index (χ3n) is 6.69. The summed E-state index contributed by atoms with van der Waals surface area (Å²) in [5, 5.41) is 7.81. The van der Waals surface area contributed by atoms with Crippen LogP contribution in [0.25, 0.3) is 0 Å². The molecule has 3 heterocycles. The maximum absolute atomic E-state index is 14.0. The SMILES string of the molecule is Cc1ccc([C@@H]2C[C@@H](C(F)(F)F)n3ncc(C(=O)N4CCN(c5cccc(Cl)c5)CC4)c3N2)cc1. The van der Waals surface area contributed by atoms with Crippen LogP contribution >= 0.6 is 11.6 Å². The second-order valence-corrected chi connectivity index (χ2v) is 9.45. The second-order valence-electron chi connectivity index (χ2n) is 9.01. The quantitative estimate of drug-likeness (QED) is 0.515. The first-order valence-electron chi connectivity index (χ1n) is 11.5. The number of piperazine rings is 1. The molecular weight excluding hydrogens is 479 g/mol. The van der Waals surface area contributed by atoms with Crippen molar-refractivity contribution >= 4 is 29.0 Å². The van der Waals surface area contributed by atoms with Gasteiger partial charge in [0.15, 0.2) is 6.04 Å². The number of halogens is 4. The Morgan fingerprint density at radius 2 is 1.80 bits per heavy atom. The van der Waals surface area contributed by atoms with E-state index in [1.165, 1.54) is 6.20 Å². The number of aryl methyl sites for hydroxylation is 1. The highest BCUT2D eigenvalue weighted by Gasteiger charge is 2.47. The van der Waals surface area contributed by atoms with E-state index in [0.717, 1.165) is 21.5 Å². The van der Waals surface area contributed by atoms with Gasteiger partial charge < -0.3 is 15.1 Å². The van der Waals surface area contributed by atoms with Gasteiger partial charge in [-0.2, -0.15) is 18.3 Å². The molecule has 0 aliphatic carbocycles. The molecule has 0 saturated carbocycles. The summed E-state index contributed by atoms with van der Waals surface area (Å²) < 4.78 is 42.8. The van der Waals surface area contributed by atoms with Gasteiger partial charge in [0.1, 0.15) is 11.4 Å². The molecule has 0 bridgehead atoms. The van der Waals surface area contributed by atoms with Crippen LogP contribution in [0, 0.1) is 6.92 Å². The summed E-state index contributed by atoms with van der Waals surface area (Å²) in [6, 6.07) is 12.5. The molecule has 35 heavy (non-hydrogen) atoms. The van der Waals surface area contributed by atoms with Crippen LogP contribution in [0.4, 0.5) is 24.7 Å². The molecule has 1 saturated heterocycles. The highest BCUT2D eigenvalue weighted by Crippen LogP contribution is 2.44. The number of hydrogen-bond acceptors (Lipinski definition) is 4. The van der Waals surface area contributed by atoms with Crippen LogP contribution in [-0.4, -0.2) is 52.9 Å². The molecule has 2 atom stereocenters. The number of anilines is 2. The van der Waals surface area contributed by atoms with Crippen molar-refractivity contribution in [3.63, 3.8) is 0 Å². The molecule has 1 fully saturated rings. The van der Waals surface area contributed by atoms with Gasteiger partial charge in [-0.15, -0.1) is 0 Å². The molecule has 2 aromatic carbocycles. The van der Waals surface area contributed by atoms with E-state index in [4.69, 9.17) is 11.6 Å². The lowest BCUT2D eigenvalue weighted by Crippen LogP contribution is -2.49. The predicted octanol–water partition coefficient (Wildman–Crippen LogP) is 5.47. The Hall–Kier alpha value is -3.20. The maximum atomic E-state index is 14.0. The van der Waals surface area contributed by atoms with Crippen molar-refractivity contribution in [1.29, 1.82) is 0 Å². The van der Waals surface area contributed by atoms with Crippen molar-refractivity contribution in [3.05, 3.63) is 76.4 Å². The third kappa shape index (κ3) is 4.69. The lowest BCUT2D eigenvalue weighted by atomic mass is 9.96. The fourth-order valence-corrected chi connectivity index (χ4v) is 4.93. The molecule has 10 heteroatoms. The Bertz CT molecular complexity index is 1220. The number of hydrogen-bond donors (Lipinski definition) is 1. The van der Waals surface area contributed by atoms with Gasteiger partial charge in [0.05, 0.1) is 12.2 Å². The second kappa shape index (κ2) is 9.11. The smallest absolute Gasteiger partial charge is 0.368 e. The van der Waals surface area contributed by atoms with Crippen molar-refractivity contribution in [3.8, 4) is 0 Å². The Morgan fingerprint density at radius 3 is 2.46 bits per heavy atom. The minimum Gasteiger partial charge on any atom is -0.368 e. The van der Waals surface area contributed by atoms with Crippen molar-refractivity contribution in [2.24, 2.45) is 0 Å². The van der Waals surface area contributed by atoms with Crippen LogP contribution in [0.1, 0.15) is 40.0 Å². The first kappa shape index (κ1) is 23.5. The Labute approximate surface area is 206 Å². The molecule has 5 rings (SSSR count). The molecule has 6 nitrogen and oxygen atoms in total. The Kier molecular flexibility index (Phi) is 6.13. The Morgan fingerprint density at radius 1 is 1.09 bits per heavy atom. The fourth-order valence-electron chi connectivity index (χ4n) is 4.75. The van der Waals surface area contributed by atoms with E-state index in [0.29, 0.717) is 31.2 Å². The van der Waals surface area contributed by atoms with E-state index >= 15 is 0 Å². The molecule has 0 unspecified atom stereocenters. The largest absolute Gasteiger partial charge is 0.410 e. The fraction of sp³-hybridized carbons (Fsp3) is 0.360. The molecule has 2 aliphatic rings. The van der Waals surface area contributed by atoms with Crippen LogP contribution in [-0.2, 0) is 0 Å². The van der Waals surface area contributed by atoms with Crippen LogP contribution in [0.5, 0.6) is 0 Å². The number of nitrogens with one attached hydrogen (secondary N) is 1.